The van der Waals surface area contributed by atoms with E-state index in [1.54, 1.807) is 24.3 Å². The second kappa shape index (κ2) is 4.90. The SMILES string of the molecule is CC(CO)CC(C)N1C(=O)c2ccccc2C1=O. The first kappa shape index (κ1) is 12.8. The van der Waals surface area contributed by atoms with Gasteiger partial charge in [0.2, 0.25) is 0 Å². The summed E-state index contributed by atoms with van der Waals surface area (Å²) >= 11 is 0. The van der Waals surface area contributed by atoms with Crippen LogP contribution in [0.15, 0.2) is 24.3 Å². The number of aliphatic hydroxyl groups is 1. The number of carbonyl (C=O) groups is 2. The summed E-state index contributed by atoms with van der Waals surface area (Å²) in [5.74, 6) is -0.384. The molecule has 2 amide bonds. The maximum absolute atomic E-state index is 12.2. The monoisotopic (exact) mass is 247 g/mol. The van der Waals surface area contributed by atoms with Crippen LogP contribution < -0.4 is 0 Å². The maximum atomic E-state index is 12.2. The fourth-order valence-corrected chi connectivity index (χ4v) is 2.37. The molecule has 96 valence electrons. The fraction of sp³-hybridized carbons (Fsp3) is 0.429. The minimum absolute atomic E-state index is 0.0630. The van der Waals surface area contributed by atoms with Crippen molar-refractivity contribution in [2.24, 2.45) is 5.92 Å². The standard InChI is InChI=1S/C14H17NO3/c1-9(8-16)7-10(2)15-13(17)11-5-3-4-6-12(11)14(15)18/h3-6,9-10,16H,7-8H2,1-2H3. The number of aliphatic hydroxyl groups excluding tert-OH is 1. The van der Waals surface area contributed by atoms with E-state index in [-0.39, 0.29) is 30.4 Å². The minimum Gasteiger partial charge on any atom is -0.396 e. The van der Waals surface area contributed by atoms with E-state index in [9.17, 15) is 9.59 Å². The zero-order chi connectivity index (χ0) is 13.3. The van der Waals surface area contributed by atoms with Crippen molar-refractivity contribution in [1.82, 2.24) is 4.90 Å². The first-order valence-corrected chi connectivity index (χ1v) is 6.14. The quantitative estimate of drug-likeness (QED) is 0.824. The highest BCUT2D eigenvalue weighted by Gasteiger charge is 2.38. The topological polar surface area (TPSA) is 57.6 Å². The van der Waals surface area contributed by atoms with Gasteiger partial charge in [-0.2, -0.15) is 0 Å². The average molecular weight is 247 g/mol. The van der Waals surface area contributed by atoms with Crippen molar-refractivity contribution in [1.29, 1.82) is 0 Å². The predicted octanol–water partition coefficient (Wildman–Crippen LogP) is 1.69. The third-order valence-corrected chi connectivity index (χ3v) is 3.32. The number of benzene rings is 1. The molecule has 0 saturated heterocycles. The molecule has 0 aromatic heterocycles. The molecule has 1 aromatic rings. The Hall–Kier alpha value is -1.68. The molecule has 0 bridgehead atoms. The molecule has 0 aliphatic carbocycles. The number of fused-ring (bicyclic) bond motifs is 1. The van der Waals surface area contributed by atoms with Gasteiger partial charge in [0.15, 0.2) is 0 Å². The summed E-state index contributed by atoms with van der Waals surface area (Å²) in [6, 6.07) is 6.68. The molecule has 0 spiro atoms. The number of hydrogen-bond donors (Lipinski definition) is 1. The molecule has 1 aliphatic heterocycles. The molecule has 0 radical (unpaired) electrons. The molecule has 2 rings (SSSR count). The van der Waals surface area contributed by atoms with Gasteiger partial charge in [0.25, 0.3) is 11.8 Å². The van der Waals surface area contributed by atoms with Crippen molar-refractivity contribution in [2.45, 2.75) is 26.3 Å². The third-order valence-electron chi connectivity index (χ3n) is 3.32. The molecular weight excluding hydrogens is 230 g/mol. The normalized spacial score (nSPS) is 17.8. The maximum Gasteiger partial charge on any atom is 0.261 e. The number of hydrogen-bond acceptors (Lipinski definition) is 3. The van der Waals surface area contributed by atoms with Gasteiger partial charge in [-0.05, 0) is 31.4 Å². The molecule has 18 heavy (non-hydrogen) atoms. The van der Waals surface area contributed by atoms with Gasteiger partial charge in [0, 0.05) is 12.6 Å². The van der Waals surface area contributed by atoms with Gasteiger partial charge in [0.05, 0.1) is 11.1 Å². The molecule has 4 heteroatoms. The van der Waals surface area contributed by atoms with Crippen LogP contribution in [0.4, 0.5) is 0 Å². The Labute approximate surface area is 106 Å². The first-order chi connectivity index (χ1) is 8.56. The Balaban J connectivity index is 2.23. The Morgan fingerprint density at radius 1 is 1.11 bits per heavy atom. The van der Waals surface area contributed by atoms with Crippen molar-refractivity contribution in [3.63, 3.8) is 0 Å². The summed E-state index contributed by atoms with van der Waals surface area (Å²) in [5, 5.41) is 9.04. The molecule has 4 nitrogen and oxygen atoms in total. The fourth-order valence-electron chi connectivity index (χ4n) is 2.37. The molecule has 2 atom stereocenters. The van der Waals surface area contributed by atoms with Crippen molar-refractivity contribution in [2.75, 3.05) is 6.61 Å². The molecule has 0 saturated carbocycles. The van der Waals surface area contributed by atoms with Gasteiger partial charge >= 0.3 is 0 Å². The van der Waals surface area contributed by atoms with E-state index in [1.165, 1.54) is 4.90 Å². The third kappa shape index (κ3) is 2.04. The van der Waals surface area contributed by atoms with Crippen LogP contribution in [-0.4, -0.2) is 34.5 Å². The first-order valence-electron chi connectivity index (χ1n) is 6.14. The molecule has 1 aliphatic rings. The Morgan fingerprint density at radius 3 is 2.06 bits per heavy atom. The van der Waals surface area contributed by atoms with Crippen LogP contribution in [-0.2, 0) is 0 Å². The van der Waals surface area contributed by atoms with Crippen LogP contribution in [0.3, 0.4) is 0 Å². The van der Waals surface area contributed by atoms with Gasteiger partial charge in [0.1, 0.15) is 0 Å². The lowest BCUT2D eigenvalue weighted by Gasteiger charge is -2.24. The molecule has 1 aromatic carbocycles. The summed E-state index contributed by atoms with van der Waals surface area (Å²) < 4.78 is 0. The Kier molecular flexibility index (Phi) is 3.48. The van der Waals surface area contributed by atoms with E-state index in [1.807, 2.05) is 13.8 Å². The zero-order valence-electron chi connectivity index (χ0n) is 10.6. The van der Waals surface area contributed by atoms with E-state index in [4.69, 9.17) is 5.11 Å². The highest BCUT2D eigenvalue weighted by atomic mass is 16.3. The van der Waals surface area contributed by atoms with Crippen LogP contribution in [0, 0.1) is 5.92 Å². The van der Waals surface area contributed by atoms with Crippen LogP contribution in [0.5, 0.6) is 0 Å². The smallest absolute Gasteiger partial charge is 0.261 e. The van der Waals surface area contributed by atoms with Gasteiger partial charge < -0.3 is 5.11 Å². The van der Waals surface area contributed by atoms with E-state index >= 15 is 0 Å². The van der Waals surface area contributed by atoms with Gasteiger partial charge in [-0.25, -0.2) is 0 Å². The molecule has 1 heterocycles. The molecule has 2 unspecified atom stereocenters. The summed E-state index contributed by atoms with van der Waals surface area (Å²) in [5.41, 5.74) is 0.956. The summed E-state index contributed by atoms with van der Waals surface area (Å²) in [7, 11) is 0. The lowest BCUT2D eigenvalue weighted by molar-refractivity contribution is 0.0568. The molecule has 1 N–H and O–H groups in total. The largest absolute Gasteiger partial charge is 0.396 e. The minimum atomic E-state index is -0.228. The van der Waals surface area contributed by atoms with Crippen molar-refractivity contribution >= 4 is 11.8 Å². The number of carbonyl (C=O) groups excluding carboxylic acids is 2. The van der Waals surface area contributed by atoms with Gasteiger partial charge in [-0.15, -0.1) is 0 Å². The van der Waals surface area contributed by atoms with Gasteiger partial charge in [-0.3, -0.25) is 14.5 Å². The van der Waals surface area contributed by atoms with Crippen LogP contribution in [0.2, 0.25) is 0 Å². The summed E-state index contributed by atoms with van der Waals surface area (Å²) in [6.45, 7) is 3.80. The highest BCUT2D eigenvalue weighted by Crippen LogP contribution is 2.26. The lowest BCUT2D eigenvalue weighted by atomic mass is 10.0. The Bertz CT molecular complexity index is 449. The van der Waals surface area contributed by atoms with E-state index in [0.29, 0.717) is 17.5 Å². The summed E-state index contributed by atoms with van der Waals surface area (Å²) in [6.07, 6.45) is 0.613. The number of rotatable bonds is 4. The van der Waals surface area contributed by atoms with Gasteiger partial charge in [-0.1, -0.05) is 19.1 Å². The van der Waals surface area contributed by atoms with Crippen LogP contribution in [0.25, 0.3) is 0 Å². The molecular formula is C14H17NO3. The summed E-state index contributed by atoms with van der Waals surface area (Å²) in [4.78, 5) is 25.6. The zero-order valence-corrected chi connectivity index (χ0v) is 10.6. The average Bonchev–Trinajstić information content (AvgIpc) is 2.62. The van der Waals surface area contributed by atoms with Crippen LogP contribution in [0.1, 0.15) is 41.0 Å². The van der Waals surface area contributed by atoms with E-state index in [0.717, 1.165) is 0 Å². The van der Waals surface area contributed by atoms with Crippen LogP contribution >= 0.6 is 0 Å². The second-order valence-electron chi connectivity index (χ2n) is 4.90. The predicted molar refractivity (Wildman–Crippen MR) is 67.3 cm³/mol. The lowest BCUT2D eigenvalue weighted by Crippen LogP contribution is -2.39. The van der Waals surface area contributed by atoms with Crippen molar-refractivity contribution in [3.8, 4) is 0 Å². The van der Waals surface area contributed by atoms with E-state index < -0.39 is 0 Å². The highest BCUT2D eigenvalue weighted by molar-refractivity contribution is 6.21. The molecule has 0 fully saturated rings. The second-order valence-corrected chi connectivity index (χ2v) is 4.90. The van der Waals surface area contributed by atoms with E-state index in [2.05, 4.69) is 0 Å². The number of nitrogens with zero attached hydrogens (tertiary/aromatic N) is 1. The number of imide groups is 1. The number of amides is 2. The van der Waals surface area contributed by atoms with Crippen molar-refractivity contribution in [3.05, 3.63) is 35.4 Å². The Morgan fingerprint density at radius 2 is 1.61 bits per heavy atom. The van der Waals surface area contributed by atoms with Crippen molar-refractivity contribution < 1.29 is 14.7 Å².